The van der Waals surface area contributed by atoms with Crippen LogP contribution in [0.3, 0.4) is 0 Å². The first kappa shape index (κ1) is 9.52. The van der Waals surface area contributed by atoms with E-state index in [-0.39, 0.29) is 0 Å². The number of nitrogens with one attached hydrogen (secondary N) is 1. The Bertz CT molecular complexity index is 457. The van der Waals surface area contributed by atoms with E-state index in [1.165, 1.54) is 0 Å². The molecule has 0 spiro atoms. The molecular formula is C12H12N2O. The van der Waals surface area contributed by atoms with Gasteiger partial charge in [0.25, 0.3) is 0 Å². The van der Waals surface area contributed by atoms with Crippen LogP contribution >= 0.6 is 0 Å². The summed E-state index contributed by atoms with van der Waals surface area (Å²) in [4.78, 5) is 0. The molecule has 0 fully saturated rings. The number of rotatable bonds is 3. The standard InChI is InChI=1S/C12H12N2O/c1-3-10-8-12(14-13-10)9-4-6-11(15-2)7-5-9/h3-8H,1H2,2H3,(H,13,14). The number of benzene rings is 1. The molecule has 0 saturated carbocycles. The van der Waals surface area contributed by atoms with Gasteiger partial charge in [0, 0.05) is 5.56 Å². The first-order valence-electron chi connectivity index (χ1n) is 4.66. The lowest BCUT2D eigenvalue weighted by atomic mass is 10.1. The lowest BCUT2D eigenvalue weighted by Gasteiger charge is -1.99. The molecule has 1 heterocycles. The van der Waals surface area contributed by atoms with Crippen LogP contribution < -0.4 is 4.74 Å². The smallest absolute Gasteiger partial charge is 0.118 e. The molecule has 15 heavy (non-hydrogen) atoms. The Morgan fingerprint density at radius 2 is 2.07 bits per heavy atom. The van der Waals surface area contributed by atoms with E-state index in [9.17, 15) is 0 Å². The van der Waals surface area contributed by atoms with Crippen LogP contribution in [0.4, 0.5) is 0 Å². The predicted octanol–water partition coefficient (Wildman–Crippen LogP) is 2.73. The molecule has 0 aliphatic carbocycles. The largest absolute Gasteiger partial charge is 0.497 e. The Morgan fingerprint density at radius 3 is 2.60 bits per heavy atom. The number of H-pyrrole nitrogens is 1. The first-order chi connectivity index (χ1) is 7.33. The molecule has 0 saturated heterocycles. The zero-order valence-corrected chi connectivity index (χ0v) is 8.53. The minimum atomic E-state index is 0.846. The van der Waals surface area contributed by atoms with Crippen molar-refractivity contribution in [2.75, 3.05) is 7.11 Å². The predicted molar refractivity (Wildman–Crippen MR) is 60.7 cm³/mol. The van der Waals surface area contributed by atoms with Gasteiger partial charge in [-0.15, -0.1) is 0 Å². The summed E-state index contributed by atoms with van der Waals surface area (Å²) in [6.45, 7) is 3.67. The normalized spacial score (nSPS) is 9.93. The molecule has 1 aromatic carbocycles. The van der Waals surface area contributed by atoms with Crippen LogP contribution in [0.1, 0.15) is 5.69 Å². The van der Waals surface area contributed by atoms with Gasteiger partial charge in [0.1, 0.15) is 5.75 Å². The molecule has 0 aliphatic heterocycles. The van der Waals surface area contributed by atoms with Gasteiger partial charge in [0.05, 0.1) is 18.5 Å². The second kappa shape index (κ2) is 4.00. The molecule has 0 radical (unpaired) electrons. The van der Waals surface area contributed by atoms with E-state index in [2.05, 4.69) is 16.8 Å². The van der Waals surface area contributed by atoms with Gasteiger partial charge >= 0.3 is 0 Å². The monoisotopic (exact) mass is 200 g/mol. The number of hydrogen-bond donors (Lipinski definition) is 1. The van der Waals surface area contributed by atoms with Crippen molar-refractivity contribution in [3.05, 3.63) is 42.6 Å². The van der Waals surface area contributed by atoms with E-state index in [1.54, 1.807) is 13.2 Å². The van der Waals surface area contributed by atoms with E-state index in [1.807, 2.05) is 30.3 Å². The van der Waals surface area contributed by atoms with E-state index >= 15 is 0 Å². The fourth-order valence-electron chi connectivity index (χ4n) is 1.35. The number of aromatic nitrogens is 2. The highest BCUT2D eigenvalue weighted by Crippen LogP contribution is 2.21. The summed E-state index contributed by atoms with van der Waals surface area (Å²) >= 11 is 0. The quantitative estimate of drug-likeness (QED) is 0.827. The SMILES string of the molecule is C=Cc1cc(-c2ccc(OC)cc2)n[nH]1. The van der Waals surface area contributed by atoms with Crippen molar-refractivity contribution < 1.29 is 4.74 Å². The van der Waals surface area contributed by atoms with Gasteiger partial charge < -0.3 is 4.74 Å². The van der Waals surface area contributed by atoms with Gasteiger partial charge in [-0.05, 0) is 36.4 Å². The summed E-state index contributed by atoms with van der Waals surface area (Å²) in [6, 6.07) is 9.73. The van der Waals surface area contributed by atoms with E-state index in [0.29, 0.717) is 0 Å². The van der Waals surface area contributed by atoms with E-state index < -0.39 is 0 Å². The molecule has 0 aliphatic rings. The summed E-state index contributed by atoms with van der Waals surface area (Å²) in [6.07, 6.45) is 1.74. The molecule has 0 bridgehead atoms. The molecular weight excluding hydrogens is 188 g/mol. The summed E-state index contributed by atoms with van der Waals surface area (Å²) in [5, 5.41) is 7.06. The number of methoxy groups -OCH3 is 1. The van der Waals surface area contributed by atoms with Crippen molar-refractivity contribution in [2.45, 2.75) is 0 Å². The van der Waals surface area contributed by atoms with E-state index in [4.69, 9.17) is 4.74 Å². The highest BCUT2D eigenvalue weighted by molar-refractivity contribution is 5.62. The Labute approximate surface area is 88.4 Å². The second-order valence-electron chi connectivity index (χ2n) is 3.14. The lowest BCUT2D eigenvalue weighted by molar-refractivity contribution is 0.415. The topological polar surface area (TPSA) is 37.9 Å². The summed E-state index contributed by atoms with van der Waals surface area (Å²) < 4.78 is 5.09. The van der Waals surface area contributed by atoms with E-state index in [0.717, 1.165) is 22.7 Å². The summed E-state index contributed by atoms with van der Waals surface area (Å²) in [7, 11) is 1.65. The fourth-order valence-corrected chi connectivity index (χ4v) is 1.35. The Balaban J connectivity index is 2.32. The van der Waals surface area contributed by atoms with Crippen LogP contribution in [0.15, 0.2) is 36.9 Å². The molecule has 3 nitrogen and oxygen atoms in total. The van der Waals surface area contributed by atoms with Crippen molar-refractivity contribution >= 4 is 6.08 Å². The van der Waals surface area contributed by atoms with Gasteiger partial charge in [-0.2, -0.15) is 5.10 Å². The minimum absolute atomic E-state index is 0.846. The third-order valence-electron chi connectivity index (χ3n) is 2.20. The third kappa shape index (κ3) is 1.91. The van der Waals surface area contributed by atoms with Gasteiger partial charge in [0.2, 0.25) is 0 Å². The zero-order valence-electron chi connectivity index (χ0n) is 8.53. The van der Waals surface area contributed by atoms with Crippen LogP contribution in [-0.4, -0.2) is 17.3 Å². The fraction of sp³-hybridized carbons (Fsp3) is 0.0833. The zero-order chi connectivity index (χ0) is 10.7. The molecule has 2 rings (SSSR count). The Kier molecular flexibility index (Phi) is 2.54. The summed E-state index contributed by atoms with van der Waals surface area (Å²) in [5.41, 5.74) is 2.88. The number of ether oxygens (including phenoxy) is 1. The summed E-state index contributed by atoms with van der Waals surface area (Å²) in [5.74, 6) is 0.846. The maximum atomic E-state index is 5.09. The first-order valence-corrected chi connectivity index (χ1v) is 4.66. The molecule has 2 aromatic rings. The van der Waals surface area contributed by atoms with Gasteiger partial charge in [-0.3, -0.25) is 5.10 Å². The van der Waals surface area contributed by atoms with Crippen LogP contribution in [0.2, 0.25) is 0 Å². The van der Waals surface area contributed by atoms with Gasteiger partial charge in [-0.1, -0.05) is 6.58 Å². The minimum Gasteiger partial charge on any atom is -0.497 e. The van der Waals surface area contributed by atoms with Crippen LogP contribution in [0.5, 0.6) is 5.75 Å². The molecule has 0 unspecified atom stereocenters. The van der Waals surface area contributed by atoms with Crippen molar-refractivity contribution in [3.63, 3.8) is 0 Å². The van der Waals surface area contributed by atoms with Crippen LogP contribution in [0.25, 0.3) is 17.3 Å². The van der Waals surface area contributed by atoms with Crippen molar-refractivity contribution in [1.82, 2.24) is 10.2 Å². The molecule has 0 amide bonds. The molecule has 1 N–H and O–H groups in total. The van der Waals surface area contributed by atoms with Crippen molar-refractivity contribution in [1.29, 1.82) is 0 Å². The van der Waals surface area contributed by atoms with Crippen molar-refractivity contribution in [2.24, 2.45) is 0 Å². The highest BCUT2D eigenvalue weighted by Gasteiger charge is 2.01. The van der Waals surface area contributed by atoms with Gasteiger partial charge in [0.15, 0.2) is 0 Å². The Morgan fingerprint density at radius 1 is 1.33 bits per heavy atom. The molecule has 3 heteroatoms. The second-order valence-corrected chi connectivity index (χ2v) is 3.14. The maximum Gasteiger partial charge on any atom is 0.118 e. The van der Waals surface area contributed by atoms with Gasteiger partial charge in [-0.25, -0.2) is 0 Å². The van der Waals surface area contributed by atoms with Crippen LogP contribution in [-0.2, 0) is 0 Å². The third-order valence-corrected chi connectivity index (χ3v) is 2.20. The number of aromatic amines is 1. The lowest BCUT2D eigenvalue weighted by Crippen LogP contribution is -1.82. The molecule has 0 atom stereocenters. The average Bonchev–Trinajstić information content (AvgIpc) is 2.78. The Hall–Kier alpha value is -2.03. The number of nitrogens with zero attached hydrogens (tertiary/aromatic N) is 1. The molecule has 76 valence electrons. The average molecular weight is 200 g/mol. The molecule has 1 aromatic heterocycles. The van der Waals surface area contributed by atoms with Crippen LogP contribution in [0, 0.1) is 0 Å². The number of hydrogen-bond acceptors (Lipinski definition) is 2. The van der Waals surface area contributed by atoms with Crippen molar-refractivity contribution in [3.8, 4) is 17.0 Å². The highest BCUT2D eigenvalue weighted by atomic mass is 16.5. The maximum absolute atomic E-state index is 5.09.